The molecule has 122 valence electrons. The van der Waals surface area contributed by atoms with Crippen LogP contribution in [-0.2, 0) is 11.2 Å². The van der Waals surface area contributed by atoms with E-state index in [1.165, 1.54) is 12.1 Å². The van der Waals surface area contributed by atoms with E-state index in [0.29, 0.717) is 18.0 Å². The minimum Gasteiger partial charge on any atom is -0.373 e. The van der Waals surface area contributed by atoms with E-state index in [1.54, 1.807) is 13.1 Å². The summed E-state index contributed by atoms with van der Waals surface area (Å²) in [6.07, 6.45) is 2.86. The lowest BCUT2D eigenvalue weighted by Crippen LogP contribution is -2.45. The summed E-state index contributed by atoms with van der Waals surface area (Å²) in [6.45, 7) is 4.33. The van der Waals surface area contributed by atoms with Crippen LogP contribution in [0.1, 0.15) is 25.3 Å². The van der Waals surface area contributed by atoms with E-state index in [4.69, 9.17) is 16.3 Å². The average Bonchev–Trinajstić information content (AvgIpc) is 2.92. The van der Waals surface area contributed by atoms with E-state index in [2.05, 4.69) is 22.5 Å². The van der Waals surface area contributed by atoms with Crippen molar-refractivity contribution in [3.63, 3.8) is 0 Å². The Hall–Kier alpha value is -1.33. The van der Waals surface area contributed by atoms with E-state index < -0.39 is 0 Å². The molecular weight excluding hydrogens is 305 g/mol. The molecule has 0 bridgehead atoms. The van der Waals surface area contributed by atoms with Gasteiger partial charge in [-0.25, -0.2) is 4.39 Å². The standard InChI is InChI=1S/C16H23ClFN3O/c1-16(7-3-9-22-16)11-21-15(19-2)20-8-6-12-4-5-13(18)10-14(12)17/h4-5,10H,3,6-9,11H2,1-2H3,(H2,19,20,21). The van der Waals surface area contributed by atoms with Gasteiger partial charge in [-0.2, -0.15) is 0 Å². The van der Waals surface area contributed by atoms with Gasteiger partial charge in [0.2, 0.25) is 0 Å². The van der Waals surface area contributed by atoms with Crippen molar-refractivity contribution in [2.24, 2.45) is 4.99 Å². The first-order chi connectivity index (χ1) is 10.5. The second-order valence-corrected chi connectivity index (χ2v) is 6.15. The van der Waals surface area contributed by atoms with Crippen LogP contribution in [0.15, 0.2) is 23.2 Å². The van der Waals surface area contributed by atoms with E-state index in [0.717, 1.165) is 37.5 Å². The Labute approximate surface area is 136 Å². The van der Waals surface area contributed by atoms with Crippen LogP contribution in [0.5, 0.6) is 0 Å². The monoisotopic (exact) mass is 327 g/mol. The smallest absolute Gasteiger partial charge is 0.191 e. The Kier molecular flexibility index (Phi) is 6.03. The number of aliphatic imine (C=N–C) groups is 1. The number of nitrogens with one attached hydrogen (secondary N) is 2. The van der Waals surface area contributed by atoms with Crippen LogP contribution >= 0.6 is 11.6 Å². The number of hydrogen-bond acceptors (Lipinski definition) is 2. The Morgan fingerprint density at radius 3 is 2.91 bits per heavy atom. The summed E-state index contributed by atoms with van der Waals surface area (Å²) in [5.74, 6) is 0.416. The van der Waals surface area contributed by atoms with Crippen LogP contribution in [0.2, 0.25) is 5.02 Å². The Balaban J connectivity index is 1.76. The molecule has 1 aliphatic rings. The van der Waals surface area contributed by atoms with Gasteiger partial charge >= 0.3 is 0 Å². The molecule has 0 aromatic heterocycles. The maximum atomic E-state index is 13.0. The molecule has 1 unspecified atom stereocenters. The summed E-state index contributed by atoms with van der Waals surface area (Å²) in [4.78, 5) is 4.19. The third kappa shape index (κ3) is 4.85. The largest absolute Gasteiger partial charge is 0.373 e. The molecule has 0 spiro atoms. The fourth-order valence-electron chi connectivity index (χ4n) is 2.51. The summed E-state index contributed by atoms with van der Waals surface area (Å²) >= 11 is 6.01. The topological polar surface area (TPSA) is 45.7 Å². The van der Waals surface area contributed by atoms with Crippen molar-refractivity contribution >= 4 is 17.6 Å². The van der Waals surface area contributed by atoms with Gasteiger partial charge in [-0.1, -0.05) is 17.7 Å². The highest BCUT2D eigenvalue weighted by atomic mass is 35.5. The van der Waals surface area contributed by atoms with Gasteiger partial charge in [0, 0.05) is 31.8 Å². The van der Waals surface area contributed by atoms with Crippen molar-refractivity contribution in [2.75, 3.05) is 26.7 Å². The molecule has 1 fully saturated rings. The first kappa shape index (κ1) is 17.0. The number of hydrogen-bond donors (Lipinski definition) is 2. The summed E-state index contributed by atoms with van der Waals surface area (Å²) in [6, 6.07) is 4.47. The summed E-state index contributed by atoms with van der Waals surface area (Å²) < 4.78 is 18.7. The summed E-state index contributed by atoms with van der Waals surface area (Å²) in [7, 11) is 1.73. The molecule has 0 amide bonds. The molecule has 1 aromatic rings. The van der Waals surface area contributed by atoms with Crippen LogP contribution in [-0.4, -0.2) is 38.3 Å². The number of ether oxygens (including phenoxy) is 1. The van der Waals surface area contributed by atoms with Crippen LogP contribution in [0.3, 0.4) is 0 Å². The lowest BCUT2D eigenvalue weighted by molar-refractivity contribution is 0.0243. The zero-order valence-electron chi connectivity index (χ0n) is 13.1. The summed E-state index contributed by atoms with van der Waals surface area (Å²) in [5, 5.41) is 6.97. The predicted molar refractivity (Wildman–Crippen MR) is 88.1 cm³/mol. The lowest BCUT2D eigenvalue weighted by Gasteiger charge is -2.24. The Bertz CT molecular complexity index is 530. The highest BCUT2D eigenvalue weighted by Gasteiger charge is 2.29. The van der Waals surface area contributed by atoms with Crippen molar-refractivity contribution in [1.82, 2.24) is 10.6 Å². The maximum Gasteiger partial charge on any atom is 0.191 e. The minimum absolute atomic E-state index is 0.113. The fourth-order valence-corrected chi connectivity index (χ4v) is 2.77. The van der Waals surface area contributed by atoms with E-state index in [1.807, 2.05) is 0 Å². The molecule has 1 saturated heterocycles. The third-order valence-electron chi connectivity index (χ3n) is 3.86. The first-order valence-corrected chi connectivity index (χ1v) is 7.93. The highest BCUT2D eigenvalue weighted by Crippen LogP contribution is 2.23. The number of guanidine groups is 1. The van der Waals surface area contributed by atoms with Crippen LogP contribution in [0.4, 0.5) is 4.39 Å². The molecule has 0 saturated carbocycles. The number of rotatable bonds is 5. The quantitative estimate of drug-likeness (QED) is 0.645. The Morgan fingerprint density at radius 1 is 1.45 bits per heavy atom. The molecule has 22 heavy (non-hydrogen) atoms. The van der Waals surface area contributed by atoms with Gasteiger partial charge in [0.05, 0.1) is 5.60 Å². The molecule has 0 aliphatic carbocycles. The van der Waals surface area contributed by atoms with Gasteiger partial charge in [-0.05, 0) is 43.9 Å². The molecule has 1 aromatic carbocycles. The molecular formula is C16H23ClFN3O. The first-order valence-electron chi connectivity index (χ1n) is 7.55. The molecule has 6 heteroatoms. The molecule has 0 radical (unpaired) electrons. The SMILES string of the molecule is CN=C(NCCc1ccc(F)cc1Cl)NCC1(C)CCCO1. The average molecular weight is 328 g/mol. The molecule has 2 N–H and O–H groups in total. The Morgan fingerprint density at radius 2 is 2.27 bits per heavy atom. The molecule has 1 atom stereocenters. The van der Waals surface area contributed by atoms with Crippen LogP contribution in [0.25, 0.3) is 0 Å². The predicted octanol–water partition coefficient (Wildman–Crippen LogP) is 2.76. The molecule has 4 nitrogen and oxygen atoms in total. The van der Waals surface area contributed by atoms with Gasteiger partial charge in [-0.15, -0.1) is 0 Å². The lowest BCUT2D eigenvalue weighted by atomic mass is 10.0. The maximum absolute atomic E-state index is 13.0. The van der Waals surface area contributed by atoms with Gasteiger partial charge in [-0.3, -0.25) is 4.99 Å². The van der Waals surface area contributed by atoms with Crippen LogP contribution < -0.4 is 10.6 Å². The number of benzene rings is 1. The number of nitrogens with zero attached hydrogens (tertiary/aromatic N) is 1. The van der Waals surface area contributed by atoms with Crippen molar-refractivity contribution in [2.45, 2.75) is 31.8 Å². The highest BCUT2D eigenvalue weighted by molar-refractivity contribution is 6.31. The van der Waals surface area contributed by atoms with E-state index in [9.17, 15) is 4.39 Å². The molecule has 1 heterocycles. The minimum atomic E-state index is -0.316. The second-order valence-electron chi connectivity index (χ2n) is 5.74. The second kappa shape index (κ2) is 7.79. The zero-order valence-corrected chi connectivity index (χ0v) is 13.8. The van der Waals surface area contributed by atoms with Crippen molar-refractivity contribution in [3.8, 4) is 0 Å². The molecule has 2 rings (SSSR count). The van der Waals surface area contributed by atoms with Crippen molar-refractivity contribution < 1.29 is 9.13 Å². The zero-order chi connectivity index (χ0) is 16.0. The third-order valence-corrected chi connectivity index (χ3v) is 4.21. The van der Waals surface area contributed by atoms with Gasteiger partial charge in [0.25, 0.3) is 0 Å². The fraction of sp³-hybridized carbons (Fsp3) is 0.562. The normalized spacial score (nSPS) is 21.9. The van der Waals surface area contributed by atoms with Gasteiger partial charge in [0.1, 0.15) is 5.82 Å². The van der Waals surface area contributed by atoms with Crippen LogP contribution in [0, 0.1) is 5.82 Å². The van der Waals surface area contributed by atoms with Gasteiger partial charge in [0.15, 0.2) is 5.96 Å². The molecule has 1 aliphatic heterocycles. The summed E-state index contributed by atoms with van der Waals surface area (Å²) in [5.41, 5.74) is 0.801. The number of halogens is 2. The van der Waals surface area contributed by atoms with Crippen molar-refractivity contribution in [3.05, 3.63) is 34.6 Å². The van der Waals surface area contributed by atoms with Crippen molar-refractivity contribution in [1.29, 1.82) is 0 Å². The van der Waals surface area contributed by atoms with E-state index >= 15 is 0 Å². The van der Waals surface area contributed by atoms with Gasteiger partial charge < -0.3 is 15.4 Å². The van der Waals surface area contributed by atoms with E-state index in [-0.39, 0.29) is 11.4 Å².